The number of imidazole rings is 1. The van der Waals surface area contributed by atoms with Crippen molar-refractivity contribution in [3.8, 4) is 5.75 Å². The Bertz CT molecular complexity index is 1490. The normalized spacial score (nSPS) is 10.9. The van der Waals surface area contributed by atoms with E-state index in [4.69, 9.17) is 27.9 Å². The molecular formula is C27H24BrCl3N4O3. The van der Waals surface area contributed by atoms with E-state index in [1.165, 1.54) is 11.0 Å². The molecule has 198 valence electrons. The lowest BCUT2D eigenvalue weighted by molar-refractivity contribution is -0.122. The van der Waals surface area contributed by atoms with Gasteiger partial charge in [0.05, 0.1) is 22.9 Å². The number of halogens is 4. The minimum absolute atomic E-state index is 0. The van der Waals surface area contributed by atoms with Crippen molar-refractivity contribution in [2.24, 2.45) is 0 Å². The molecule has 0 atom stereocenters. The number of anilines is 1. The lowest BCUT2D eigenvalue weighted by Gasteiger charge is -2.21. The number of carbonyl (C=O) groups is 2. The molecule has 4 rings (SSSR count). The van der Waals surface area contributed by atoms with Crippen LogP contribution in [0.5, 0.6) is 5.75 Å². The van der Waals surface area contributed by atoms with E-state index < -0.39 is 0 Å². The number of nitrogens with one attached hydrogen (secondary N) is 1. The molecular weight excluding hydrogens is 615 g/mol. The lowest BCUT2D eigenvalue weighted by atomic mass is 10.2. The minimum Gasteiger partial charge on any atom is -0.485 e. The molecule has 0 bridgehead atoms. The van der Waals surface area contributed by atoms with Crippen LogP contribution in [0.25, 0.3) is 11.7 Å². The quantitative estimate of drug-likeness (QED) is 0.224. The molecule has 7 nitrogen and oxygen atoms in total. The maximum Gasteiger partial charge on any atom is 0.246 e. The van der Waals surface area contributed by atoms with Crippen LogP contribution in [-0.4, -0.2) is 34.8 Å². The fourth-order valence-electron chi connectivity index (χ4n) is 3.58. The Kier molecular flexibility index (Phi) is 10.2. The fraction of sp³-hybridized carbons (Fsp3) is 0.148. The van der Waals surface area contributed by atoms with E-state index in [-0.39, 0.29) is 42.4 Å². The molecule has 38 heavy (non-hydrogen) atoms. The Morgan fingerprint density at radius 1 is 1.13 bits per heavy atom. The third-order valence-corrected chi connectivity index (χ3v) is 7.36. The van der Waals surface area contributed by atoms with Crippen molar-refractivity contribution in [2.45, 2.75) is 13.5 Å². The van der Waals surface area contributed by atoms with Crippen molar-refractivity contribution in [1.29, 1.82) is 0 Å². The third-order valence-electron chi connectivity index (χ3n) is 5.63. The summed E-state index contributed by atoms with van der Waals surface area (Å²) in [6, 6.07) is 16.4. The van der Waals surface area contributed by atoms with Gasteiger partial charge in [-0.2, -0.15) is 0 Å². The molecule has 4 aromatic rings. The first-order chi connectivity index (χ1) is 17.8. The summed E-state index contributed by atoms with van der Waals surface area (Å²) in [4.78, 5) is 30.8. The number of fused-ring (bicyclic) bond motifs is 1. The van der Waals surface area contributed by atoms with Crippen LogP contribution in [0.2, 0.25) is 10.0 Å². The first kappa shape index (κ1) is 29.5. The Morgan fingerprint density at radius 2 is 1.87 bits per heavy atom. The van der Waals surface area contributed by atoms with Crippen LogP contribution >= 0.6 is 51.5 Å². The van der Waals surface area contributed by atoms with Crippen molar-refractivity contribution in [3.05, 3.63) is 98.3 Å². The molecule has 0 saturated carbocycles. The summed E-state index contributed by atoms with van der Waals surface area (Å²) in [5.41, 5.74) is 3.34. The van der Waals surface area contributed by atoms with Crippen LogP contribution in [0, 0.1) is 6.92 Å². The molecule has 0 aliphatic carbocycles. The smallest absolute Gasteiger partial charge is 0.246 e. The van der Waals surface area contributed by atoms with Crippen LogP contribution in [0.1, 0.15) is 16.8 Å². The molecule has 1 N–H and O–H groups in total. The van der Waals surface area contributed by atoms with Gasteiger partial charge < -0.3 is 15.0 Å². The number of benzene rings is 2. The van der Waals surface area contributed by atoms with Gasteiger partial charge in [-0.05, 0) is 58.8 Å². The number of nitrogens with zero attached hydrogens (tertiary/aromatic N) is 3. The molecule has 0 saturated heterocycles. The summed E-state index contributed by atoms with van der Waals surface area (Å²) in [6.45, 7) is 1.76. The highest BCUT2D eigenvalue weighted by atomic mass is 79.9. The van der Waals surface area contributed by atoms with E-state index in [0.29, 0.717) is 27.7 Å². The molecule has 0 aliphatic rings. The number of hydrogen-bond donors (Lipinski definition) is 1. The summed E-state index contributed by atoms with van der Waals surface area (Å²) >= 11 is 16.6. The van der Waals surface area contributed by atoms with Crippen LogP contribution in [0.3, 0.4) is 0 Å². The molecule has 0 spiro atoms. The standard InChI is InChI=1S/C27H23BrCl2N4O3.ClH/c1-17-26(28)34-14-6-9-22(27(34)32-17)37-16-19-20(29)11-12-21(25(19)30)33(2)24(36)15-31-23(35)13-10-18-7-4-3-5-8-18;/h3-14H,15-16H2,1-2H3,(H,31,35);1H/b13-10+;. The number of rotatable bonds is 8. The molecule has 0 aliphatic heterocycles. The van der Waals surface area contributed by atoms with Gasteiger partial charge in [0.1, 0.15) is 11.2 Å². The van der Waals surface area contributed by atoms with Gasteiger partial charge in [-0.3, -0.25) is 14.0 Å². The Labute approximate surface area is 244 Å². The number of pyridine rings is 1. The number of aryl methyl sites for hydroxylation is 1. The maximum absolute atomic E-state index is 12.8. The average molecular weight is 639 g/mol. The second-order valence-electron chi connectivity index (χ2n) is 8.12. The zero-order valence-corrected chi connectivity index (χ0v) is 24.4. The summed E-state index contributed by atoms with van der Waals surface area (Å²) < 4.78 is 8.75. The predicted molar refractivity (Wildman–Crippen MR) is 158 cm³/mol. The molecule has 2 aromatic heterocycles. The number of ether oxygens (including phenoxy) is 1. The van der Waals surface area contributed by atoms with E-state index in [1.54, 1.807) is 25.3 Å². The minimum atomic E-state index is -0.378. The average Bonchev–Trinajstić information content (AvgIpc) is 3.20. The molecule has 0 unspecified atom stereocenters. The predicted octanol–water partition coefficient (Wildman–Crippen LogP) is 6.51. The summed E-state index contributed by atoms with van der Waals surface area (Å²) in [6.07, 6.45) is 4.94. The second kappa shape index (κ2) is 13.2. The Morgan fingerprint density at radius 3 is 2.61 bits per heavy atom. The highest BCUT2D eigenvalue weighted by Crippen LogP contribution is 2.35. The third kappa shape index (κ3) is 6.69. The highest BCUT2D eigenvalue weighted by Gasteiger charge is 2.19. The summed E-state index contributed by atoms with van der Waals surface area (Å²) in [5, 5.41) is 3.28. The van der Waals surface area contributed by atoms with Gasteiger partial charge in [-0.1, -0.05) is 53.5 Å². The van der Waals surface area contributed by atoms with Gasteiger partial charge in [-0.15, -0.1) is 12.4 Å². The van der Waals surface area contributed by atoms with Crippen LogP contribution < -0.4 is 15.0 Å². The van der Waals surface area contributed by atoms with Crippen molar-refractivity contribution in [3.63, 3.8) is 0 Å². The van der Waals surface area contributed by atoms with Gasteiger partial charge in [-0.25, -0.2) is 4.98 Å². The Balaban J connectivity index is 0.00000400. The molecule has 0 radical (unpaired) electrons. The first-order valence-electron chi connectivity index (χ1n) is 11.3. The highest BCUT2D eigenvalue weighted by molar-refractivity contribution is 9.10. The molecule has 2 aromatic carbocycles. The largest absolute Gasteiger partial charge is 0.485 e. The van der Waals surface area contributed by atoms with Gasteiger partial charge in [0.25, 0.3) is 0 Å². The van der Waals surface area contributed by atoms with Crippen molar-refractivity contribution < 1.29 is 14.3 Å². The molecule has 2 amide bonds. The maximum atomic E-state index is 12.8. The first-order valence-corrected chi connectivity index (χ1v) is 12.8. The monoisotopic (exact) mass is 636 g/mol. The SMILES string of the molecule is Cc1nc2c(OCc3c(Cl)ccc(N(C)C(=O)CNC(=O)/C=C/c4ccccc4)c3Cl)cccn2c1Br.Cl. The van der Waals surface area contributed by atoms with Crippen molar-refractivity contribution in [2.75, 3.05) is 18.5 Å². The number of carbonyl (C=O) groups excluding carboxylic acids is 2. The number of hydrogen-bond acceptors (Lipinski definition) is 4. The van der Waals surface area contributed by atoms with Gasteiger partial charge in [0.2, 0.25) is 11.8 Å². The summed E-state index contributed by atoms with van der Waals surface area (Å²) in [5.74, 6) is -0.165. The van der Waals surface area contributed by atoms with E-state index >= 15 is 0 Å². The number of amides is 2. The summed E-state index contributed by atoms with van der Waals surface area (Å²) in [7, 11) is 1.58. The van der Waals surface area contributed by atoms with Crippen LogP contribution in [-0.2, 0) is 16.2 Å². The van der Waals surface area contributed by atoms with Gasteiger partial charge in [0, 0.05) is 29.9 Å². The fourth-order valence-corrected chi connectivity index (χ4v) is 4.56. The van der Waals surface area contributed by atoms with E-state index in [0.717, 1.165) is 15.9 Å². The van der Waals surface area contributed by atoms with Gasteiger partial charge >= 0.3 is 0 Å². The topological polar surface area (TPSA) is 75.9 Å². The Hall–Kier alpha value is -3.04. The van der Waals surface area contributed by atoms with Gasteiger partial charge in [0.15, 0.2) is 11.4 Å². The molecule has 11 heteroatoms. The van der Waals surface area contributed by atoms with Crippen molar-refractivity contribution >= 4 is 80.8 Å². The second-order valence-corrected chi connectivity index (χ2v) is 9.65. The lowest BCUT2D eigenvalue weighted by Crippen LogP contribution is -2.37. The number of likely N-dealkylation sites (N-methyl/N-ethyl adjacent to an activating group) is 1. The van der Waals surface area contributed by atoms with Crippen molar-refractivity contribution in [1.82, 2.24) is 14.7 Å². The zero-order valence-electron chi connectivity index (χ0n) is 20.5. The number of aromatic nitrogens is 2. The zero-order chi connectivity index (χ0) is 26.5. The molecule has 0 fully saturated rings. The van der Waals surface area contributed by atoms with E-state index in [1.807, 2.05) is 60.0 Å². The van der Waals surface area contributed by atoms with Crippen LogP contribution in [0.15, 0.2) is 71.5 Å². The van der Waals surface area contributed by atoms with E-state index in [2.05, 4.69) is 26.2 Å². The molecule has 2 heterocycles. The van der Waals surface area contributed by atoms with Crippen LogP contribution in [0.4, 0.5) is 5.69 Å². The van der Waals surface area contributed by atoms with E-state index in [9.17, 15) is 9.59 Å².